The first-order valence-electron chi connectivity index (χ1n) is 7.13. The molecule has 0 saturated carbocycles. The summed E-state index contributed by atoms with van der Waals surface area (Å²) in [6, 6.07) is 8.91. The van der Waals surface area contributed by atoms with Crippen LogP contribution in [0.1, 0.15) is 51.5 Å². The van der Waals surface area contributed by atoms with Crippen molar-refractivity contribution in [2.75, 3.05) is 6.54 Å². The Hall–Kier alpha value is -0.340. The summed E-state index contributed by atoms with van der Waals surface area (Å²) in [6.45, 7) is 5.81. The molecule has 1 unspecified atom stereocenters. The Balaban J connectivity index is 2.30. The normalized spacial score (nSPS) is 25.1. The van der Waals surface area contributed by atoms with E-state index in [9.17, 15) is 0 Å². The van der Waals surface area contributed by atoms with Gasteiger partial charge in [-0.05, 0) is 49.4 Å². The number of hydrogen-bond acceptors (Lipinski definition) is 1. The van der Waals surface area contributed by atoms with E-state index >= 15 is 0 Å². The summed E-state index contributed by atoms with van der Waals surface area (Å²) < 4.78 is 1.17. The van der Waals surface area contributed by atoms with Gasteiger partial charge in [0.15, 0.2) is 0 Å². The number of hydrogen-bond donors (Lipinski definition) is 1. The molecule has 1 atom stereocenters. The van der Waals surface area contributed by atoms with Crippen LogP contribution in [-0.4, -0.2) is 6.54 Å². The van der Waals surface area contributed by atoms with E-state index in [0.29, 0.717) is 0 Å². The highest BCUT2D eigenvalue weighted by atomic mass is 79.9. The van der Waals surface area contributed by atoms with Crippen LogP contribution in [0.4, 0.5) is 0 Å². The molecule has 1 aliphatic rings. The van der Waals surface area contributed by atoms with E-state index in [1.165, 1.54) is 42.1 Å². The van der Waals surface area contributed by atoms with Crippen LogP contribution in [0.2, 0.25) is 0 Å². The minimum atomic E-state index is 0.200. The minimum Gasteiger partial charge on any atom is -0.307 e. The summed E-state index contributed by atoms with van der Waals surface area (Å²) >= 11 is 3.53. The molecule has 1 N–H and O–H groups in total. The molecule has 1 aromatic carbocycles. The van der Waals surface area contributed by atoms with Crippen LogP contribution in [0.3, 0.4) is 0 Å². The number of halogens is 1. The molecular formula is C16H24BrN. The molecule has 0 amide bonds. The fourth-order valence-electron chi connectivity index (χ4n) is 3.15. The maximum absolute atomic E-state index is 3.85. The molecule has 2 rings (SSSR count). The van der Waals surface area contributed by atoms with Crippen LogP contribution < -0.4 is 5.32 Å². The van der Waals surface area contributed by atoms with Crippen molar-refractivity contribution in [3.05, 3.63) is 34.3 Å². The molecule has 1 saturated heterocycles. The third kappa shape index (κ3) is 3.36. The zero-order valence-corrected chi connectivity index (χ0v) is 13.1. The topological polar surface area (TPSA) is 12.0 Å². The molecule has 1 heterocycles. The van der Waals surface area contributed by atoms with E-state index in [1.807, 2.05) is 0 Å². The summed E-state index contributed by atoms with van der Waals surface area (Å²) in [5, 5.41) is 3.85. The average molecular weight is 310 g/mol. The van der Waals surface area contributed by atoms with Gasteiger partial charge in [-0.2, -0.15) is 0 Å². The van der Waals surface area contributed by atoms with Crippen molar-refractivity contribution in [3.63, 3.8) is 0 Å². The Morgan fingerprint density at radius 3 is 2.56 bits per heavy atom. The Kier molecular flexibility index (Phi) is 4.85. The molecule has 100 valence electrons. The van der Waals surface area contributed by atoms with Gasteiger partial charge in [0.2, 0.25) is 0 Å². The monoisotopic (exact) mass is 309 g/mol. The summed E-state index contributed by atoms with van der Waals surface area (Å²) in [7, 11) is 0. The fraction of sp³-hybridized carbons (Fsp3) is 0.625. The van der Waals surface area contributed by atoms with E-state index in [4.69, 9.17) is 0 Å². The van der Waals surface area contributed by atoms with Gasteiger partial charge in [-0.15, -0.1) is 0 Å². The summed E-state index contributed by atoms with van der Waals surface area (Å²) in [4.78, 5) is 0. The second-order valence-corrected chi connectivity index (χ2v) is 6.84. The SMILES string of the molecule is CC(C)CC1(c2ccc(Br)cc2)CCCCCN1. The molecule has 0 aliphatic carbocycles. The van der Waals surface area contributed by atoms with Gasteiger partial charge in [-0.25, -0.2) is 0 Å². The number of nitrogens with one attached hydrogen (secondary N) is 1. The van der Waals surface area contributed by atoms with Crippen LogP contribution in [0, 0.1) is 5.92 Å². The van der Waals surface area contributed by atoms with Crippen molar-refractivity contribution in [3.8, 4) is 0 Å². The highest BCUT2D eigenvalue weighted by Crippen LogP contribution is 2.36. The molecule has 2 heteroatoms. The lowest BCUT2D eigenvalue weighted by Crippen LogP contribution is -2.42. The van der Waals surface area contributed by atoms with Gasteiger partial charge in [0.1, 0.15) is 0 Å². The molecule has 0 bridgehead atoms. The van der Waals surface area contributed by atoms with Gasteiger partial charge in [-0.1, -0.05) is 54.8 Å². The largest absolute Gasteiger partial charge is 0.307 e. The van der Waals surface area contributed by atoms with E-state index in [0.717, 1.165) is 12.5 Å². The molecular weight excluding hydrogens is 286 g/mol. The third-order valence-electron chi connectivity index (χ3n) is 3.90. The van der Waals surface area contributed by atoms with Crippen LogP contribution in [0.25, 0.3) is 0 Å². The third-order valence-corrected chi connectivity index (χ3v) is 4.43. The van der Waals surface area contributed by atoms with Crippen LogP contribution in [0.5, 0.6) is 0 Å². The van der Waals surface area contributed by atoms with E-state index in [-0.39, 0.29) is 5.54 Å². The van der Waals surface area contributed by atoms with Gasteiger partial charge in [0.25, 0.3) is 0 Å². The first-order valence-corrected chi connectivity index (χ1v) is 7.93. The summed E-state index contributed by atoms with van der Waals surface area (Å²) in [5.41, 5.74) is 1.66. The highest BCUT2D eigenvalue weighted by Gasteiger charge is 2.32. The van der Waals surface area contributed by atoms with Crippen LogP contribution >= 0.6 is 15.9 Å². The van der Waals surface area contributed by atoms with Crippen molar-refractivity contribution in [1.82, 2.24) is 5.32 Å². The van der Waals surface area contributed by atoms with Crippen LogP contribution in [0.15, 0.2) is 28.7 Å². The summed E-state index contributed by atoms with van der Waals surface area (Å²) in [6.07, 6.45) is 6.52. The predicted octanol–water partition coefficient (Wildman–Crippen LogP) is 4.85. The lowest BCUT2D eigenvalue weighted by molar-refractivity contribution is 0.263. The lowest BCUT2D eigenvalue weighted by atomic mass is 9.79. The first-order chi connectivity index (χ1) is 8.62. The van der Waals surface area contributed by atoms with Crippen molar-refractivity contribution in [1.29, 1.82) is 0 Å². The molecule has 0 spiro atoms. The predicted molar refractivity (Wildman–Crippen MR) is 81.7 cm³/mol. The van der Waals surface area contributed by atoms with E-state index < -0.39 is 0 Å². The average Bonchev–Trinajstić information content (AvgIpc) is 2.55. The smallest absolute Gasteiger partial charge is 0.0437 e. The zero-order valence-electron chi connectivity index (χ0n) is 11.5. The lowest BCUT2D eigenvalue weighted by Gasteiger charge is -2.36. The Bertz CT molecular complexity index is 361. The molecule has 18 heavy (non-hydrogen) atoms. The van der Waals surface area contributed by atoms with Crippen molar-refractivity contribution in [2.45, 2.75) is 51.5 Å². The Morgan fingerprint density at radius 2 is 1.89 bits per heavy atom. The molecule has 1 aliphatic heterocycles. The Morgan fingerprint density at radius 1 is 1.17 bits per heavy atom. The second-order valence-electron chi connectivity index (χ2n) is 5.92. The number of benzene rings is 1. The van der Waals surface area contributed by atoms with Crippen molar-refractivity contribution >= 4 is 15.9 Å². The van der Waals surface area contributed by atoms with Crippen molar-refractivity contribution < 1.29 is 0 Å². The fourth-order valence-corrected chi connectivity index (χ4v) is 3.41. The van der Waals surface area contributed by atoms with Gasteiger partial charge < -0.3 is 5.32 Å². The zero-order chi connectivity index (χ0) is 13.0. The van der Waals surface area contributed by atoms with Gasteiger partial charge >= 0.3 is 0 Å². The molecule has 1 aromatic rings. The number of rotatable bonds is 3. The molecule has 0 aromatic heterocycles. The minimum absolute atomic E-state index is 0.200. The first kappa shape index (κ1) is 14.1. The van der Waals surface area contributed by atoms with Gasteiger partial charge in [-0.3, -0.25) is 0 Å². The Labute approximate surface area is 119 Å². The quantitative estimate of drug-likeness (QED) is 0.841. The summed E-state index contributed by atoms with van der Waals surface area (Å²) in [5.74, 6) is 0.722. The highest BCUT2D eigenvalue weighted by molar-refractivity contribution is 9.10. The maximum Gasteiger partial charge on any atom is 0.0437 e. The van der Waals surface area contributed by atoms with E-state index in [2.05, 4.69) is 59.4 Å². The van der Waals surface area contributed by atoms with Crippen LogP contribution in [-0.2, 0) is 5.54 Å². The maximum atomic E-state index is 3.85. The van der Waals surface area contributed by atoms with Gasteiger partial charge in [0, 0.05) is 10.0 Å². The van der Waals surface area contributed by atoms with Crippen molar-refractivity contribution in [2.24, 2.45) is 5.92 Å². The van der Waals surface area contributed by atoms with E-state index in [1.54, 1.807) is 0 Å². The van der Waals surface area contributed by atoms with Gasteiger partial charge in [0.05, 0.1) is 0 Å². The molecule has 0 radical (unpaired) electrons. The standard InChI is InChI=1S/C16H24BrN/c1-13(2)12-16(10-4-3-5-11-18-16)14-6-8-15(17)9-7-14/h6-9,13,18H,3-5,10-12H2,1-2H3. The second kappa shape index (κ2) is 6.21. The molecule has 1 nitrogen and oxygen atoms in total. The molecule has 1 fully saturated rings.